The molecule has 0 radical (unpaired) electrons. The Hall–Kier alpha value is -1.62. The van der Waals surface area contributed by atoms with Crippen LogP contribution in [0, 0.1) is 0 Å². The molecule has 2 saturated heterocycles. The lowest BCUT2D eigenvalue weighted by Gasteiger charge is -2.51. The minimum absolute atomic E-state index is 0.0797. The summed E-state index contributed by atoms with van der Waals surface area (Å²) in [7, 11) is 0. The molecule has 2 unspecified atom stereocenters. The molecule has 25 heavy (non-hydrogen) atoms. The zero-order chi connectivity index (χ0) is 18.1. The predicted octanol–water partition coefficient (Wildman–Crippen LogP) is 3.70. The van der Waals surface area contributed by atoms with Crippen LogP contribution in [0.3, 0.4) is 0 Å². The van der Waals surface area contributed by atoms with Crippen molar-refractivity contribution in [3.63, 3.8) is 0 Å². The number of carbonyl (C=O) groups excluding carboxylic acids is 1. The molecule has 2 fully saturated rings. The van der Waals surface area contributed by atoms with Crippen LogP contribution in [0.2, 0.25) is 0 Å². The number of rotatable bonds is 3. The molecule has 1 aromatic rings. The van der Waals surface area contributed by atoms with Crippen LogP contribution in [0.25, 0.3) is 0 Å². The molecular formula is C20H30N2O3. The zero-order valence-corrected chi connectivity index (χ0v) is 15.6. The van der Waals surface area contributed by atoms with Gasteiger partial charge >= 0.3 is 6.09 Å². The zero-order valence-electron chi connectivity index (χ0n) is 15.6. The molecule has 5 heteroatoms. The van der Waals surface area contributed by atoms with Crippen molar-refractivity contribution in [2.75, 3.05) is 0 Å². The monoisotopic (exact) mass is 346 g/mol. The van der Waals surface area contributed by atoms with E-state index >= 15 is 0 Å². The number of nitrogens with zero attached hydrogens (tertiary/aromatic N) is 2. The maximum atomic E-state index is 12.6. The fraction of sp³-hybridized carbons (Fsp3) is 0.700. The number of hydrogen-bond donors (Lipinski definition) is 1. The Balaban J connectivity index is 1.67. The van der Waals surface area contributed by atoms with Gasteiger partial charge < -0.3 is 14.7 Å². The topological polar surface area (TPSA) is 62.7 Å². The van der Waals surface area contributed by atoms with Gasteiger partial charge in [-0.3, -0.25) is 4.98 Å². The summed E-state index contributed by atoms with van der Waals surface area (Å²) < 4.78 is 5.61. The van der Waals surface area contributed by atoms with Crippen molar-refractivity contribution in [1.82, 2.24) is 9.88 Å². The van der Waals surface area contributed by atoms with Crippen LogP contribution in [0.1, 0.15) is 65.0 Å². The van der Waals surface area contributed by atoms with E-state index < -0.39 is 11.2 Å². The number of hydrogen-bond acceptors (Lipinski definition) is 4. The van der Waals surface area contributed by atoms with E-state index in [0.29, 0.717) is 19.3 Å². The average Bonchev–Trinajstić information content (AvgIpc) is 2.51. The quantitative estimate of drug-likeness (QED) is 0.906. The summed E-state index contributed by atoms with van der Waals surface area (Å²) >= 11 is 0. The van der Waals surface area contributed by atoms with E-state index in [1.807, 2.05) is 43.9 Å². The Morgan fingerprint density at radius 3 is 2.56 bits per heavy atom. The normalized spacial score (nSPS) is 29.4. The van der Waals surface area contributed by atoms with Crippen molar-refractivity contribution in [1.29, 1.82) is 0 Å². The Bertz CT molecular complexity index is 583. The minimum atomic E-state index is -0.716. The molecule has 2 aliphatic rings. The van der Waals surface area contributed by atoms with E-state index in [4.69, 9.17) is 4.74 Å². The highest BCUT2D eigenvalue weighted by Gasteiger charge is 2.48. The molecule has 3 heterocycles. The second-order valence-electron chi connectivity index (χ2n) is 8.58. The third-order valence-corrected chi connectivity index (χ3v) is 5.27. The molecule has 1 N–H and O–H groups in total. The summed E-state index contributed by atoms with van der Waals surface area (Å²) in [5.74, 6) is 0. The van der Waals surface area contributed by atoms with Gasteiger partial charge in [0.15, 0.2) is 0 Å². The smallest absolute Gasteiger partial charge is 0.410 e. The molecule has 138 valence electrons. The number of aromatic nitrogens is 1. The van der Waals surface area contributed by atoms with Crippen LogP contribution in [-0.2, 0) is 11.2 Å². The number of pyridine rings is 1. The Morgan fingerprint density at radius 1 is 1.32 bits per heavy atom. The van der Waals surface area contributed by atoms with Crippen molar-refractivity contribution in [2.45, 2.75) is 89.0 Å². The molecule has 0 saturated carbocycles. The molecule has 0 aliphatic carbocycles. The lowest BCUT2D eigenvalue weighted by Crippen LogP contribution is -2.60. The summed E-state index contributed by atoms with van der Waals surface area (Å²) in [5, 5.41) is 11.2. The van der Waals surface area contributed by atoms with Crippen LogP contribution < -0.4 is 0 Å². The third kappa shape index (κ3) is 4.51. The van der Waals surface area contributed by atoms with Crippen molar-refractivity contribution in [3.8, 4) is 0 Å². The molecule has 1 amide bonds. The first-order chi connectivity index (χ1) is 11.8. The molecular weight excluding hydrogens is 316 g/mol. The van der Waals surface area contributed by atoms with E-state index in [1.165, 1.54) is 0 Å². The largest absolute Gasteiger partial charge is 0.444 e. The van der Waals surface area contributed by atoms with Crippen molar-refractivity contribution in [3.05, 3.63) is 30.1 Å². The second-order valence-corrected chi connectivity index (χ2v) is 8.58. The van der Waals surface area contributed by atoms with Gasteiger partial charge in [0, 0.05) is 24.0 Å². The number of piperidine rings is 2. The number of aliphatic hydroxyl groups is 1. The van der Waals surface area contributed by atoms with Crippen LogP contribution >= 0.6 is 0 Å². The first kappa shape index (κ1) is 18.2. The maximum absolute atomic E-state index is 12.6. The lowest BCUT2D eigenvalue weighted by atomic mass is 9.73. The molecule has 5 nitrogen and oxygen atoms in total. The average molecular weight is 346 g/mol. The summed E-state index contributed by atoms with van der Waals surface area (Å²) in [6, 6.07) is 6.04. The predicted molar refractivity (Wildman–Crippen MR) is 96.2 cm³/mol. The second kappa shape index (κ2) is 6.94. The summed E-state index contributed by atoms with van der Waals surface area (Å²) in [6.07, 6.45) is 7.30. The van der Waals surface area contributed by atoms with Gasteiger partial charge in [-0.1, -0.05) is 6.07 Å². The van der Waals surface area contributed by atoms with Crippen LogP contribution in [-0.4, -0.2) is 44.4 Å². The lowest BCUT2D eigenvalue weighted by molar-refractivity contribution is -0.0956. The van der Waals surface area contributed by atoms with E-state index in [-0.39, 0.29) is 18.2 Å². The third-order valence-electron chi connectivity index (χ3n) is 5.27. The minimum Gasteiger partial charge on any atom is -0.444 e. The van der Waals surface area contributed by atoms with Crippen molar-refractivity contribution < 1.29 is 14.6 Å². The van der Waals surface area contributed by atoms with Gasteiger partial charge in [0.2, 0.25) is 0 Å². The highest BCUT2D eigenvalue weighted by molar-refractivity contribution is 5.69. The summed E-state index contributed by atoms with van der Waals surface area (Å²) in [5.41, 5.74) is -0.195. The first-order valence-corrected chi connectivity index (χ1v) is 9.39. The summed E-state index contributed by atoms with van der Waals surface area (Å²) in [4.78, 5) is 18.9. The van der Waals surface area contributed by atoms with Crippen LogP contribution in [0.15, 0.2) is 24.4 Å². The van der Waals surface area contributed by atoms with Gasteiger partial charge in [0.05, 0.1) is 5.60 Å². The SMILES string of the molecule is CC(C)(C)OC(=O)N1C2CCCC1CC(O)(CCc1ccccn1)C2. The fourth-order valence-electron chi connectivity index (χ4n) is 4.25. The van der Waals surface area contributed by atoms with E-state index in [2.05, 4.69) is 4.98 Å². The van der Waals surface area contributed by atoms with Gasteiger partial charge in [-0.25, -0.2) is 4.79 Å². The molecule has 0 aromatic carbocycles. The van der Waals surface area contributed by atoms with Gasteiger partial charge in [-0.15, -0.1) is 0 Å². The number of amides is 1. The van der Waals surface area contributed by atoms with Gasteiger partial charge in [0.1, 0.15) is 5.60 Å². The fourth-order valence-corrected chi connectivity index (χ4v) is 4.25. The molecule has 2 aliphatic heterocycles. The van der Waals surface area contributed by atoms with Gasteiger partial charge in [0.25, 0.3) is 0 Å². The number of fused-ring (bicyclic) bond motifs is 2. The Morgan fingerprint density at radius 2 is 2.00 bits per heavy atom. The molecule has 2 bridgehead atoms. The first-order valence-electron chi connectivity index (χ1n) is 9.39. The maximum Gasteiger partial charge on any atom is 0.410 e. The van der Waals surface area contributed by atoms with Crippen LogP contribution in [0.4, 0.5) is 4.79 Å². The van der Waals surface area contributed by atoms with E-state index in [1.54, 1.807) is 6.20 Å². The Labute approximate surface area is 150 Å². The van der Waals surface area contributed by atoms with Crippen molar-refractivity contribution in [2.24, 2.45) is 0 Å². The van der Waals surface area contributed by atoms with E-state index in [9.17, 15) is 9.90 Å². The van der Waals surface area contributed by atoms with Gasteiger partial charge in [-0.05, 0) is 77.8 Å². The highest BCUT2D eigenvalue weighted by Crippen LogP contribution is 2.41. The Kier molecular flexibility index (Phi) is 5.05. The number of ether oxygens (including phenoxy) is 1. The summed E-state index contributed by atoms with van der Waals surface area (Å²) in [6.45, 7) is 5.69. The molecule has 3 rings (SSSR count). The van der Waals surface area contributed by atoms with E-state index in [0.717, 1.165) is 31.4 Å². The van der Waals surface area contributed by atoms with Gasteiger partial charge in [-0.2, -0.15) is 0 Å². The molecule has 1 aromatic heterocycles. The molecule has 2 atom stereocenters. The highest BCUT2D eigenvalue weighted by atomic mass is 16.6. The number of carbonyl (C=O) groups is 1. The molecule has 0 spiro atoms. The van der Waals surface area contributed by atoms with Crippen LogP contribution in [0.5, 0.6) is 0 Å². The van der Waals surface area contributed by atoms with Crippen molar-refractivity contribution >= 4 is 6.09 Å². The number of aryl methyl sites for hydroxylation is 1. The standard InChI is InChI=1S/C20H30N2O3/c1-19(2,3)25-18(23)22-16-8-6-9-17(22)14-20(24,13-16)11-10-15-7-4-5-12-21-15/h4-5,7,12,16-17,24H,6,8-11,13-14H2,1-3H3.